The number of nitrogen functional groups attached to an aromatic ring is 2. The highest BCUT2D eigenvalue weighted by atomic mass is 16.2. The smallest absolute Gasteiger partial charge is 0.251 e. The number of aryl methyl sites for hydroxylation is 3. The molecule has 3 aliphatic carbocycles. The number of nitrogens with two attached hydrogens (primary N) is 2. The number of nitrogens with one attached hydrogen (secondary N) is 4. The Bertz CT molecular complexity index is 3220. The van der Waals surface area contributed by atoms with Crippen LogP contribution in [0.3, 0.4) is 0 Å². The molecule has 10 rings (SSSR count). The number of carbonyl (C=O) groups excluding carboxylic acids is 2. The van der Waals surface area contributed by atoms with Gasteiger partial charge in [0.15, 0.2) is 6.04 Å². The van der Waals surface area contributed by atoms with Gasteiger partial charge in [-0.05, 0) is 173 Å². The predicted octanol–water partition coefficient (Wildman–Crippen LogP) is 13.4. The second-order valence-electron chi connectivity index (χ2n) is 22.8. The van der Waals surface area contributed by atoms with Crippen LogP contribution in [0.2, 0.25) is 0 Å². The number of fused-ring (bicyclic) bond motifs is 4. The molecule has 2 amide bonds. The molecule has 0 radical (unpaired) electrons. The Hall–Kier alpha value is -7.21. The number of aliphatic imine (C=N–C) groups is 1. The largest absolute Gasteiger partial charge is 0.398 e. The topological polar surface area (TPSA) is 167 Å². The van der Waals surface area contributed by atoms with Gasteiger partial charge in [-0.15, -0.1) is 0 Å². The van der Waals surface area contributed by atoms with Crippen LogP contribution in [0.25, 0.3) is 33.2 Å². The summed E-state index contributed by atoms with van der Waals surface area (Å²) in [6, 6.07) is 29.5. The van der Waals surface area contributed by atoms with Crippen LogP contribution in [-0.2, 0) is 0 Å². The molecule has 8 N–H and O–H groups in total. The number of hydrogen-bond acceptors (Lipinski definition) is 9. The molecule has 2 fully saturated rings. The summed E-state index contributed by atoms with van der Waals surface area (Å²) >= 11 is 0. The lowest BCUT2D eigenvalue weighted by molar-refractivity contribution is -0.677. The maximum absolute atomic E-state index is 13.0. The van der Waals surface area contributed by atoms with Gasteiger partial charge in [0.05, 0.1) is 23.1 Å². The average Bonchev–Trinajstić information content (AvgIpc) is 3.60. The van der Waals surface area contributed by atoms with Gasteiger partial charge in [0, 0.05) is 91.1 Å². The van der Waals surface area contributed by atoms with Crippen molar-refractivity contribution in [2.75, 3.05) is 47.9 Å². The van der Waals surface area contributed by atoms with Crippen molar-refractivity contribution in [2.45, 2.75) is 161 Å². The molecule has 1 atom stereocenters. The van der Waals surface area contributed by atoms with Gasteiger partial charge in [-0.3, -0.25) is 9.59 Å². The molecule has 1 unspecified atom stereocenters. The van der Waals surface area contributed by atoms with Crippen molar-refractivity contribution in [1.82, 2.24) is 20.9 Å². The van der Waals surface area contributed by atoms with Crippen molar-refractivity contribution >= 4 is 68.0 Å². The van der Waals surface area contributed by atoms with Gasteiger partial charge < -0.3 is 37.6 Å². The molecule has 0 bridgehead atoms. The van der Waals surface area contributed by atoms with E-state index in [1.807, 2.05) is 48.5 Å². The van der Waals surface area contributed by atoms with Crippen molar-refractivity contribution in [2.24, 2.45) is 4.99 Å². The third kappa shape index (κ3) is 12.5. The minimum Gasteiger partial charge on any atom is -0.398 e. The maximum atomic E-state index is 13.0. The molecule has 12 heteroatoms. The van der Waals surface area contributed by atoms with Crippen LogP contribution in [0.15, 0.2) is 113 Å². The van der Waals surface area contributed by atoms with Gasteiger partial charge in [0.2, 0.25) is 11.0 Å². The molecular formula is C66H83N10O2+. The molecule has 1 aliphatic heterocycles. The lowest BCUT2D eigenvalue weighted by Crippen LogP contribution is -2.50. The van der Waals surface area contributed by atoms with E-state index in [-0.39, 0.29) is 17.9 Å². The first-order chi connectivity index (χ1) is 38.0. The molecule has 5 aromatic carbocycles. The highest BCUT2D eigenvalue weighted by Crippen LogP contribution is 2.43. The molecular weight excluding hydrogens is 965 g/mol. The van der Waals surface area contributed by atoms with Gasteiger partial charge in [0.25, 0.3) is 11.8 Å². The molecule has 6 aromatic rings. The number of benzene rings is 5. The lowest BCUT2D eigenvalue weighted by atomic mass is 9.88. The first kappa shape index (κ1) is 54.2. The number of unbranched alkanes of at least 4 members (excludes halogenated alkanes) is 6. The van der Waals surface area contributed by atoms with Crippen LogP contribution in [0.1, 0.15) is 166 Å². The van der Waals surface area contributed by atoms with Gasteiger partial charge in [0.1, 0.15) is 11.0 Å². The van der Waals surface area contributed by atoms with Crippen molar-refractivity contribution in [3.05, 3.63) is 136 Å². The number of nitrogens with zero attached hydrogens (tertiary/aromatic N) is 4. The number of allylic oxidation sites excluding steroid dienone is 1. The molecule has 78 heavy (non-hydrogen) atoms. The molecule has 2 saturated carbocycles. The second-order valence-corrected chi connectivity index (χ2v) is 22.8. The number of amides is 2. The average molecular weight is 1050 g/mol. The highest BCUT2D eigenvalue weighted by molar-refractivity contribution is 6.09. The molecule has 0 saturated heterocycles. The van der Waals surface area contributed by atoms with Crippen LogP contribution < -0.4 is 42.2 Å². The Morgan fingerprint density at radius 1 is 0.590 bits per heavy atom. The van der Waals surface area contributed by atoms with Gasteiger partial charge in [-0.2, -0.15) is 4.57 Å². The van der Waals surface area contributed by atoms with E-state index in [0.717, 1.165) is 132 Å². The third-order valence-electron chi connectivity index (χ3n) is 17.0. The number of aromatic nitrogens is 2. The lowest BCUT2D eigenvalue weighted by Gasteiger charge is -2.45. The Kier molecular flexibility index (Phi) is 17.4. The summed E-state index contributed by atoms with van der Waals surface area (Å²) in [5.74, 6) is -0.115. The molecule has 1 aromatic heterocycles. The van der Waals surface area contributed by atoms with Crippen LogP contribution in [0, 0.1) is 20.8 Å². The van der Waals surface area contributed by atoms with E-state index in [1.54, 1.807) is 0 Å². The van der Waals surface area contributed by atoms with Gasteiger partial charge in [-0.25, -0.2) is 9.98 Å². The fourth-order valence-corrected chi connectivity index (χ4v) is 12.4. The number of anilines is 4. The Morgan fingerprint density at radius 3 is 1.73 bits per heavy atom. The molecule has 2 heterocycles. The summed E-state index contributed by atoms with van der Waals surface area (Å²) in [6.45, 7) is 11.6. The van der Waals surface area contributed by atoms with E-state index >= 15 is 0 Å². The van der Waals surface area contributed by atoms with Crippen LogP contribution >= 0.6 is 0 Å². The first-order valence-corrected chi connectivity index (χ1v) is 29.5. The van der Waals surface area contributed by atoms with E-state index < -0.39 is 0 Å². The minimum atomic E-state index is -0.0582. The van der Waals surface area contributed by atoms with Crippen molar-refractivity contribution in [1.29, 1.82) is 0 Å². The van der Waals surface area contributed by atoms with Crippen molar-refractivity contribution in [3.8, 4) is 11.1 Å². The number of hydrogen-bond donors (Lipinski definition) is 6. The van der Waals surface area contributed by atoms with Crippen LogP contribution in [-0.4, -0.2) is 60.8 Å². The van der Waals surface area contributed by atoms with E-state index in [4.69, 9.17) is 21.4 Å². The normalized spacial score (nSPS) is 16.7. The molecule has 0 spiro atoms. The van der Waals surface area contributed by atoms with Crippen molar-refractivity contribution in [3.63, 3.8) is 0 Å². The summed E-state index contributed by atoms with van der Waals surface area (Å²) in [5.41, 5.74) is 32.5. The fraction of sp³-hybridized carbons (Fsp3) is 0.439. The van der Waals surface area contributed by atoms with E-state index in [1.165, 1.54) is 92.2 Å². The zero-order valence-electron chi connectivity index (χ0n) is 46.8. The van der Waals surface area contributed by atoms with E-state index in [2.05, 4.69) is 107 Å². The SMILES string of the molecule is CC1=CC2=Nc3cc(C)c(N)cc3N(C3CCCCC3)C2C=C1NCCCCCCNC(=O)c1ccc(-c2ccc(C(=O)NCCCCCCNc3cc4c(cc3C)nc3cc(C)c(N)cc3[n+]4C3CCCCC3)cc2)cc1. The molecule has 408 valence electrons. The van der Waals surface area contributed by atoms with E-state index in [0.29, 0.717) is 36.3 Å². The Labute approximate surface area is 462 Å². The second kappa shape index (κ2) is 25.1. The fourth-order valence-electron chi connectivity index (χ4n) is 12.4. The molecule has 4 aliphatic rings. The standard InChI is InChI=1S/C66H82N10O2/c1-43-35-57-61(39-53(43)67)75(51-19-11-9-12-20-51)63-41-55(45(3)37-59(63)73-57)69-31-15-5-7-17-33-71-65(77)49-27-23-47(24-28-49)48-25-29-50(30-26-48)66(78)72-34-18-8-6-16-32-70-56-42-64-60(38-46(56)4)74-58-36-44(2)54(68)40-62(58)76(64)52-21-13-10-14-22-52/h23-30,35-42,51-52,63,69H,5-22,31-34,67H2,1-4H3,(H4,68,70,71,72,77,78)/p+1. The Balaban J connectivity index is 0.608. The summed E-state index contributed by atoms with van der Waals surface area (Å²) < 4.78 is 2.53. The summed E-state index contributed by atoms with van der Waals surface area (Å²) in [7, 11) is 0. The zero-order valence-corrected chi connectivity index (χ0v) is 46.8. The van der Waals surface area contributed by atoms with Crippen molar-refractivity contribution < 1.29 is 14.2 Å². The predicted molar refractivity (Wildman–Crippen MR) is 323 cm³/mol. The van der Waals surface area contributed by atoms with Gasteiger partial charge in [-0.1, -0.05) is 75.6 Å². The summed E-state index contributed by atoms with van der Waals surface area (Å²) in [5, 5.41) is 13.7. The quantitative estimate of drug-likeness (QED) is 0.0179. The van der Waals surface area contributed by atoms with E-state index in [9.17, 15) is 9.59 Å². The molecule has 12 nitrogen and oxygen atoms in total. The van der Waals surface area contributed by atoms with Crippen LogP contribution in [0.5, 0.6) is 0 Å². The Morgan fingerprint density at radius 2 is 1.12 bits per heavy atom. The summed E-state index contributed by atoms with van der Waals surface area (Å²) in [6.07, 6.45) is 25.3. The maximum Gasteiger partial charge on any atom is 0.251 e. The van der Waals surface area contributed by atoms with Crippen LogP contribution in [0.4, 0.5) is 28.4 Å². The number of carbonyl (C=O) groups is 2. The minimum absolute atomic E-state index is 0.0566. The third-order valence-corrected chi connectivity index (χ3v) is 17.0. The number of rotatable bonds is 21. The summed E-state index contributed by atoms with van der Waals surface area (Å²) in [4.78, 5) is 39.0. The zero-order chi connectivity index (χ0) is 54.1. The first-order valence-electron chi connectivity index (χ1n) is 29.5. The monoisotopic (exact) mass is 1050 g/mol. The highest BCUT2D eigenvalue weighted by Gasteiger charge is 2.36. The van der Waals surface area contributed by atoms with Gasteiger partial charge >= 0.3 is 0 Å².